The highest BCUT2D eigenvalue weighted by Gasteiger charge is 2.46. The molecule has 1 aliphatic rings. The number of hydrogen-bond acceptors (Lipinski definition) is 3. The number of benzene rings is 1. The van der Waals surface area contributed by atoms with E-state index in [2.05, 4.69) is 5.32 Å². The Morgan fingerprint density at radius 1 is 1.25 bits per heavy atom. The summed E-state index contributed by atoms with van der Waals surface area (Å²) in [5.74, 6) is 0.748. The minimum atomic E-state index is -0.793. The number of carbonyl (C=O) groups is 2. The Morgan fingerprint density at radius 2 is 2.04 bits per heavy atom. The van der Waals surface area contributed by atoms with Gasteiger partial charge in [0.2, 0.25) is 11.8 Å². The van der Waals surface area contributed by atoms with Crippen LogP contribution in [0.2, 0.25) is 0 Å². The lowest BCUT2D eigenvalue weighted by atomic mass is 9.97. The second-order valence-electron chi connectivity index (χ2n) is 6.32. The largest absolute Gasteiger partial charge is 0.469 e. The van der Waals surface area contributed by atoms with Crippen LogP contribution in [0.5, 0.6) is 0 Å². The summed E-state index contributed by atoms with van der Waals surface area (Å²) in [5.41, 5.74) is 0.249. The standard InChI is InChI=1S/C19H22N2O3/c1-19(18(23)20-14-15-6-3-2-4-7-15)11-9-17(22)21(19)12-10-16-8-5-13-24-16/h2-8,13H,9-12,14H2,1H3,(H,20,23). The molecule has 5 heteroatoms. The first-order valence-corrected chi connectivity index (χ1v) is 8.25. The van der Waals surface area contributed by atoms with Gasteiger partial charge in [0.05, 0.1) is 6.26 Å². The van der Waals surface area contributed by atoms with Gasteiger partial charge in [-0.2, -0.15) is 0 Å². The van der Waals surface area contributed by atoms with Gasteiger partial charge in [-0.3, -0.25) is 9.59 Å². The summed E-state index contributed by atoms with van der Waals surface area (Å²) in [7, 11) is 0. The van der Waals surface area contributed by atoms with Crippen molar-refractivity contribution >= 4 is 11.8 Å². The normalized spacial score (nSPS) is 20.4. The maximum atomic E-state index is 12.7. The zero-order chi connectivity index (χ0) is 17.0. The minimum absolute atomic E-state index is 0.0268. The molecule has 1 aliphatic heterocycles. The van der Waals surface area contributed by atoms with Gasteiger partial charge < -0.3 is 14.6 Å². The SMILES string of the molecule is CC1(C(=O)NCc2ccccc2)CCC(=O)N1CCc1ccco1. The summed E-state index contributed by atoms with van der Waals surface area (Å²) in [4.78, 5) is 26.7. The van der Waals surface area contributed by atoms with Crippen LogP contribution in [0.4, 0.5) is 0 Å². The van der Waals surface area contributed by atoms with E-state index < -0.39 is 5.54 Å². The third-order valence-electron chi connectivity index (χ3n) is 4.67. The molecule has 5 nitrogen and oxygen atoms in total. The highest BCUT2D eigenvalue weighted by Crippen LogP contribution is 2.30. The Kier molecular flexibility index (Phi) is 4.69. The number of nitrogens with one attached hydrogen (secondary N) is 1. The molecular weight excluding hydrogens is 304 g/mol. The molecule has 2 aromatic rings. The first-order valence-electron chi connectivity index (χ1n) is 8.25. The fourth-order valence-corrected chi connectivity index (χ4v) is 3.15. The molecule has 1 N–H and O–H groups in total. The first kappa shape index (κ1) is 16.3. The van der Waals surface area contributed by atoms with Crippen molar-refractivity contribution in [1.82, 2.24) is 10.2 Å². The van der Waals surface area contributed by atoms with Crippen LogP contribution < -0.4 is 5.32 Å². The molecule has 2 amide bonds. The molecule has 1 unspecified atom stereocenters. The van der Waals surface area contributed by atoms with Crippen LogP contribution in [0.25, 0.3) is 0 Å². The average Bonchev–Trinajstić information content (AvgIpc) is 3.21. The van der Waals surface area contributed by atoms with Crippen LogP contribution in [0, 0.1) is 0 Å². The Hall–Kier alpha value is -2.56. The third-order valence-corrected chi connectivity index (χ3v) is 4.67. The van der Waals surface area contributed by atoms with E-state index in [0.717, 1.165) is 11.3 Å². The van der Waals surface area contributed by atoms with Crippen molar-refractivity contribution in [3.05, 3.63) is 60.1 Å². The summed E-state index contributed by atoms with van der Waals surface area (Å²) in [6.07, 6.45) is 3.19. The van der Waals surface area contributed by atoms with Gasteiger partial charge in [-0.05, 0) is 31.0 Å². The molecule has 3 rings (SSSR count). The summed E-state index contributed by atoms with van der Waals surface area (Å²) < 4.78 is 5.32. The Labute approximate surface area is 141 Å². The molecule has 1 aromatic carbocycles. The highest BCUT2D eigenvalue weighted by atomic mass is 16.3. The van der Waals surface area contributed by atoms with Crippen LogP contribution >= 0.6 is 0 Å². The lowest BCUT2D eigenvalue weighted by Crippen LogP contribution is -2.54. The molecule has 0 radical (unpaired) electrons. The summed E-state index contributed by atoms with van der Waals surface area (Å²) in [6.45, 7) is 2.80. The third kappa shape index (κ3) is 3.35. The molecule has 0 spiro atoms. The van der Waals surface area contributed by atoms with Crippen LogP contribution in [-0.2, 0) is 22.6 Å². The van der Waals surface area contributed by atoms with E-state index in [1.807, 2.05) is 49.4 Å². The van der Waals surface area contributed by atoms with Gasteiger partial charge >= 0.3 is 0 Å². The molecule has 0 bridgehead atoms. The Morgan fingerprint density at radius 3 is 2.75 bits per heavy atom. The lowest BCUT2D eigenvalue weighted by Gasteiger charge is -2.33. The summed E-state index contributed by atoms with van der Waals surface area (Å²) >= 11 is 0. The molecule has 24 heavy (non-hydrogen) atoms. The van der Waals surface area contributed by atoms with Crippen LogP contribution in [0.15, 0.2) is 53.1 Å². The molecule has 1 atom stereocenters. The maximum Gasteiger partial charge on any atom is 0.245 e. The fourth-order valence-electron chi connectivity index (χ4n) is 3.15. The van der Waals surface area contributed by atoms with Crippen molar-refractivity contribution in [2.45, 2.75) is 38.3 Å². The van der Waals surface area contributed by atoms with E-state index in [4.69, 9.17) is 4.42 Å². The second-order valence-corrected chi connectivity index (χ2v) is 6.32. The molecular formula is C19H22N2O3. The van der Waals surface area contributed by atoms with E-state index in [-0.39, 0.29) is 11.8 Å². The predicted molar refractivity (Wildman–Crippen MR) is 90.1 cm³/mol. The van der Waals surface area contributed by atoms with E-state index in [1.54, 1.807) is 11.2 Å². The molecule has 2 heterocycles. The van der Waals surface area contributed by atoms with Gasteiger partial charge in [0.25, 0.3) is 0 Å². The van der Waals surface area contributed by atoms with Crippen LogP contribution in [0.1, 0.15) is 31.1 Å². The van der Waals surface area contributed by atoms with Crippen molar-refractivity contribution in [2.24, 2.45) is 0 Å². The predicted octanol–water partition coefficient (Wildman–Crippen LogP) is 2.52. The second kappa shape index (κ2) is 6.91. The van der Waals surface area contributed by atoms with E-state index in [0.29, 0.717) is 32.4 Å². The number of nitrogens with zero attached hydrogens (tertiary/aromatic N) is 1. The Bertz CT molecular complexity index is 697. The average molecular weight is 326 g/mol. The molecule has 1 fully saturated rings. The van der Waals surface area contributed by atoms with Gasteiger partial charge in [0, 0.05) is 25.9 Å². The fraction of sp³-hybridized carbons (Fsp3) is 0.368. The van der Waals surface area contributed by atoms with E-state index in [1.165, 1.54) is 0 Å². The minimum Gasteiger partial charge on any atom is -0.469 e. The smallest absolute Gasteiger partial charge is 0.245 e. The summed E-state index contributed by atoms with van der Waals surface area (Å²) in [6, 6.07) is 13.5. The van der Waals surface area contributed by atoms with Crippen molar-refractivity contribution in [1.29, 1.82) is 0 Å². The highest BCUT2D eigenvalue weighted by molar-refractivity contribution is 5.94. The number of likely N-dealkylation sites (tertiary alicyclic amines) is 1. The van der Waals surface area contributed by atoms with E-state index in [9.17, 15) is 9.59 Å². The number of hydrogen-bond donors (Lipinski definition) is 1. The van der Waals surface area contributed by atoms with Crippen LogP contribution in [0.3, 0.4) is 0 Å². The number of carbonyl (C=O) groups excluding carboxylic acids is 2. The van der Waals surface area contributed by atoms with E-state index >= 15 is 0 Å². The molecule has 0 saturated carbocycles. The molecule has 1 aromatic heterocycles. The van der Waals surface area contributed by atoms with Crippen molar-refractivity contribution < 1.29 is 14.0 Å². The topological polar surface area (TPSA) is 62.6 Å². The molecule has 126 valence electrons. The quantitative estimate of drug-likeness (QED) is 0.887. The summed E-state index contributed by atoms with van der Waals surface area (Å²) in [5, 5.41) is 2.97. The van der Waals surface area contributed by atoms with Gasteiger partial charge in [0.1, 0.15) is 11.3 Å². The van der Waals surface area contributed by atoms with Gasteiger partial charge in [0.15, 0.2) is 0 Å². The first-order chi connectivity index (χ1) is 11.6. The monoisotopic (exact) mass is 326 g/mol. The molecule has 0 aliphatic carbocycles. The van der Waals surface area contributed by atoms with Crippen molar-refractivity contribution in [2.75, 3.05) is 6.54 Å². The number of furan rings is 1. The lowest BCUT2D eigenvalue weighted by molar-refractivity contribution is -0.140. The zero-order valence-electron chi connectivity index (χ0n) is 13.8. The van der Waals surface area contributed by atoms with Crippen molar-refractivity contribution in [3.8, 4) is 0 Å². The van der Waals surface area contributed by atoms with Gasteiger partial charge in [-0.1, -0.05) is 30.3 Å². The molecule has 1 saturated heterocycles. The Balaban J connectivity index is 1.64. The van der Waals surface area contributed by atoms with Gasteiger partial charge in [-0.25, -0.2) is 0 Å². The number of amides is 2. The van der Waals surface area contributed by atoms with Gasteiger partial charge in [-0.15, -0.1) is 0 Å². The van der Waals surface area contributed by atoms with Crippen molar-refractivity contribution in [3.63, 3.8) is 0 Å². The number of rotatable bonds is 6. The zero-order valence-corrected chi connectivity index (χ0v) is 13.8. The maximum absolute atomic E-state index is 12.7. The van der Waals surface area contributed by atoms with Crippen LogP contribution in [-0.4, -0.2) is 28.8 Å².